The van der Waals surface area contributed by atoms with Gasteiger partial charge in [-0.25, -0.2) is 13.8 Å². The maximum atomic E-state index is 13.1. The van der Waals surface area contributed by atoms with Crippen LogP contribution < -0.4 is 20.2 Å². The van der Waals surface area contributed by atoms with Crippen LogP contribution in [0.5, 0.6) is 6.01 Å². The van der Waals surface area contributed by atoms with Gasteiger partial charge in [-0.3, -0.25) is 0 Å². The number of aromatic nitrogens is 3. The number of methoxy groups -OCH3 is 1. The Labute approximate surface area is 178 Å². The van der Waals surface area contributed by atoms with Crippen LogP contribution in [-0.2, 0) is 6.54 Å². The molecule has 0 bridgehead atoms. The van der Waals surface area contributed by atoms with E-state index < -0.39 is 5.69 Å². The van der Waals surface area contributed by atoms with Crippen LogP contribution in [0.4, 0.5) is 16.0 Å². The molecule has 1 aliphatic rings. The average Bonchev–Trinajstić information content (AvgIpc) is 2.77. The summed E-state index contributed by atoms with van der Waals surface area (Å²) in [5.74, 6) is 0.0972. The van der Waals surface area contributed by atoms with Crippen LogP contribution in [0.3, 0.4) is 0 Å². The summed E-state index contributed by atoms with van der Waals surface area (Å²) in [6.07, 6.45) is 0. The first-order valence-corrected chi connectivity index (χ1v) is 9.94. The van der Waals surface area contributed by atoms with Crippen LogP contribution in [0.25, 0.3) is 0 Å². The van der Waals surface area contributed by atoms with Crippen molar-refractivity contribution in [3.8, 4) is 6.01 Å². The van der Waals surface area contributed by atoms with Crippen molar-refractivity contribution in [2.45, 2.75) is 6.54 Å². The minimum atomic E-state index is -0.423. The van der Waals surface area contributed by atoms with E-state index in [4.69, 9.17) is 16.3 Å². The number of benzene rings is 2. The van der Waals surface area contributed by atoms with E-state index in [0.717, 1.165) is 11.3 Å². The minimum Gasteiger partial charge on any atom is -0.468 e. The minimum absolute atomic E-state index is 0.209. The standard InChI is InChI=1S/C21H21ClFN5O2/c1-30-21-25-19(24-20(29)28(21)14-15-2-4-16(22)5-3-15)27-12-10-26(11-13-27)18-8-6-17(23)7-9-18/h2-9H,10-14H2,1H3. The maximum absolute atomic E-state index is 13.1. The summed E-state index contributed by atoms with van der Waals surface area (Å²) >= 11 is 5.92. The van der Waals surface area contributed by atoms with Crippen molar-refractivity contribution in [1.82, 2.24) is 14.5 Å². The number of ether oxygens (including phenoxy) is 1. The highest BCUT2D eigenvalue weighted by molar-refractivity contribution is 6.30. The van der Waals surface area contributed by atoms with Crippen LogP contribution in [0, 0.1) is 5.82 Å². The third kappa shape index (κ3) is 4.38. The number of nitrogens with zero attached hydrogens (tertiary/aromatic N) is 5. The number of hydrogen-bond donors (Lipinski definition) is 0. The van der Waals surface area contributed by atoms with Gasteiger partial charge in [0.2, 0.25) is 5.95 Å². The molecule has 0 atom stereocenters. The Morgan fingerprint density at radius 3 is 2.23 bits per heavy atom. The molecule has 0 N–H and O–H groups in total. The Kier molecular flexibility index (Phi) is 5.85. The van der Waals surface area contributed by atoms with Gasteiger partial charge in [-0.05, 0) is 42.0 Å². The van der Waals surface area contributed by atoms with E-state index in [0.29, 0.717) is 37.1 Å². The maximum Gasteiger partial charge on any atom is 0.355 e. The number of halogens is 2. The summed E-state index contributed by atoms with van der Waals surface area (Å²) in [7, 11) is 1.48. The lowest BCUT2D eigenvalue weighted by Crippen LogP contribution is -2.47. The van der Waals surface area contributed by atoms with Gasteiger partial charge >= 0.3 is 11.7 Å². The molecule has 0 spiro atoms. The SMILES string of the molecule is COc1nc(N2CCN(c3ccc(F)cc3)CC2)nc(=O)n1Cc1ccc(Cl)cc1. The first-order valence-electron chi connectivity index (χ1n) is 9.56. The molecule has 0 aliphatic carbocycles. The molecule has 1 fully saturated rings. The Bertz CT molecular complexity index is 1060. The summed E-state index contributed by atoms with van der Waals surface area (Å²) in [5.41, 5.74) is 1.43. The van der Waals surface area contributed by atoms with Gasteiger partial charge in [0.1, 0.15) is 5.82 Å². The normalized spacial score (nSPS) is 14.1. The van der Waals surface area contributed by atoms with E-state index in [1.807, 2.05) is 17.0 Å². The van der Waals surface area contributed by atoms with Gasteiger partial charge in [-0.2, -0.15) is 9.97 Å². The molecule has 9 heteroatoms. The molecular formula is C21H21ClFN5O2. The summed E-state index contributed by atoms with van der Waals surface area (Å²) < 4.78 is 19.9. The van der Waals surface area contributed by atoms with Crippen molar-refractivity contribution in [2.75, 3.05) is 43.1 Å². The van der Waals surface area contributed by atoms with Crippen molar-refractivity contribution in [3.63, 3.8) is 0 Å². The van der Waals surface area contributed by atoms with Crippen molar-refractivity contribution < 1.29 is 9.13 Å². The summed E-state index contributed by atoms with van der Waals surface area (Å²) in [6.45, 7) is 3.00. The van der Waals surface area contributed by atoms with Crippen molar-refractivity contribution >= 4 is 23.2 Å². The molecule has 4 rings (SSSR count). The number of anilines is 2. The summed E-state index contributed by atoms with van der Waals surface area (Å²) in [4.78, 5) is 25.4. The zero-order valence-electron chi connectivity index (χ0n) is 16.5. The highest BCUT2D eigenvalue weighted by Gasteiger charge is 2.22. The summed E-state index contributed by atoms with van der Waals surface area (Å²) in [5, 5.41) is 0.629. The van der Waals surface area contributed by atoms with Crippen molar-refractivity contribution in [1.29, 1.82) is 0 Å². The summed E-state index contributed by atoms with van der Waals surface area (Å²) in [6, 6.07) is 13.9. The number of piperazine rings is 1. The molecule has 2 aromatic carbocycles. The lowest BCUT2D eigenvalue weighted by Gasteiger charge is -2.36. The van der Waals surface area contributed by atoms with E-state index in [1.165, 1.54) is 23.8 Å². The smallest absolute Gasteiger partial charge is 0.355 e. The molecule has 0 amide bonds. The second kappa shape index (κ2) is 8.71. The van der Waals surface area contributed by atoms with Gasteiger partial charge in [0.15, 0.2) is 0 Å². The molecule has 0 unspecified atom stereocenters. The van der Waals surface area contributed by atoms with E-state index in [-0.39, 0.29) is 18.4 Å². The first kappa shape index (κ1) is 20.2. The molecular weight excluding hydrogens is 409 g/mol. The second-order valence-electron chi connectivity index (χ2n) is 6.96. The Hall–Kier alpha value is -3.13. The largest absolute Gasteiger partial charge is 0.468 e. The molecule has 30 heavy (non-hydrogen) atoms. The average molecular weight is 430 g/mol. The van der Waals surface area contributed by atoms with E-state index in [9.17, 15) is 9.18 Å². The van der Waals surface area contributed by atoms with Gasteiger partial charge in [0.25, 0.3) is 0 Å². The predicted molar refractivity (Wildman–Crippen MR) is 114 cm³/mol. The first-order chi connectivity index (χ1) is 14.5. The van der Waals surface area contributed by atoms with Crippen LogP contribution >= 0.6 is 11.6 Å². The van der Waals surface area contributed by atoms with Gasteiger partial charge in [-0.15, -0.1) is 0 Å². The monoisotopic (exact) mass is 429 g/mol. The molecule has 0 saturated carbocycles. The van der Waals surface area contributed by atoms with Gasteiger partial charge in [-0.1, -0.05) is 23.7 Å². The molecule has 156 valence electrons. The number of rotatable bonds is 5. The highest BCUT2D eigenvalue weighted by atomic mass is 35.5. The molecule has 3 aromatic rings. The fraction of sp³-hybridized carbons (Fsp3) is 0.286. The Balaban J connectivity index is 1.50. The third-order valence-corrected chi connectivity index (χ3v) is 5.30. The lowest BCUT2D eigenvalue weighted by molar-refractivity contribution is 0.347. The van der Waals surface area contributed by atoms with E-state index >= 15 is 0 Å². The van der Waals surface area contributed by atoms with Crippen LogP contribution in [0.15, 0.2) is 53.3 Å². The molecule has 0 radical (unpaired) electrons. The molecule has 2 heterocycles. The van der Waals surface area contributed by atoms with Gasteiger partial charge < -0.3 is 14.5 Å². The van der Waals surface area contributed by atoms with Gasteiger partial charge in [0.05, 0.1) is 13.7 Å². The van der Waals surface area contributed by atoms with Gasteiger partial charge in [0, 0.05) is 36.9 Å². The Morgan fingerprint density at radius 2 is 1.60 bits per heavy atom. The van der Waals surface area contributed by atoms with Crippen LogP contribution in [0.1, 0.15) is 5.56 Å². The van der Waals surface area contributed by atoms with Crippen molar-refractivity contribution in [3.05, 3.63) is 75.4 Å². The van der Waals surface area contributed by atoms with E-state index in [1.54, 1.807) is 24.3 Å². The zero-order chi connectivity index (χ0) is 21.1. The fourth-order valence-corrected chi connectivity index (χ4v) is 3.55. The predicted octanol–water partition coefficient (Wildman–Crippen LogP) is 2.81. The number of hydrogen-bond acceptors (Lipinski definition) is 6. The zero-order valence-corrected chi connectivity index (χ0v) is 17.2. The van der Waals surface area contributed by atoms with Crippen LogP contribution in [0.2, 0.25) is 5.02 Å². The lowest BCUT2D eigenvalue weighted by atomic mass is 10.2. The second-order valence-corrected chi connectivity index (χ2v) is 7.39. The topological polar surface area (TPSA) is 63.5 Å². The van der Waals surface area contributed by atoms with E-state index in [2.05, 4.69) is 14.9 Å². The quantitative estimate of drug-likeness (QED) is 0.621. The van der Waals surface area contributed by atoms with Crippen LogP contribution in [-0.4, -0.2) is 47.8 Å². The highest BCUT2D eigenvalue weighted by Crippen LogP contribution is 2.20. The molecule has 1 aromatic heterocycles. The third-order valence-electron chi connectivity index (χ3n) is 5.04. The molecule has 7 nitrogen and oxygen atoms in total. The molecule has 1 saturated heterocycles. The fourth-order valence-electron chi connectivity index (χ4n) is 3.42. The Morgan fingerprint density at radius 1 is 0.967 bits per heavy atom. The van der Waals surface area contributed by atoms with Crippen molar-refractivity contribution in [2.24, 2.45) is 0 Å². The molecule has 1 aliphatic heterocycles.